The number of hydrogen-bond acceptors (Lipinski definition) is 5. The van der Waals surface area contributed by atoms with Gasteiger partial charge in [-0.25, -0.2) is 19.5 Å². The van der Waals surface area contributed by atoms with Crippen molar-refractivity contribution in [1.29, 1.82) is 0 Å². The zero-order chi connectivity index (χ0) is 14.7. The maximum atomic E-state index is 12.3. The second-order valence-corrected chi connectivity index (χ2v) is 5.04. The first-order valence-electron chi connectivity index (χ1n) is 7.01. The van der Waals surface area contributed by atoms with Crippen LogP contribution in [0, 0.1) is 0 Å². The molecule has 0 spiro atoms. The van der Waals surface area contributed by atoms with E-state index in [-0.39, 0.29) is 18.2 Å². The second-order valence-electron chi connectivity index (χ2n) is 5.04. The van der Waals surface area contributed by atoms with Crippen LogP contribution in [0.4, 0.5) is 9.59 Å². The molecule has 4 amide bonds. The van der Waals surface area contributed by atoms with Crippen molar-refractivity contribution in [2.45, 2.75) is 18.9 Å². The number of rotatable bonds is 2. The first-order valence-corrected chi connectivity index (χ1v) is 7.01. The summed E-state index contributed by atoms with van der Waals surface area (Å²) in [6.07, 6.45) is 6.27. The van der Waals surface area contributed by atoms with E-state index in [9.17, 15) is 9.59 Å². The molecule has 2 aliphatic heterocycles. The zero-order valence-electron chi connectivity index (χ0n) is 11.6. The van der Waals surface area contributed by atoms with Gasteiger partial charge in [-0.3, -0.25) is 4.98 Å². The Kier molecular flexibility index (Phi) is 3.85. The summed E-state index contributed by atoms with van der Waals surface area (Å²) in [5.74, 6) is 0.454. The molecule has 2 fully saturated rings. The molecule has 1 aromatic heterocycles. The van der Waals surface area contributed by atoms with Gasteiger partial charge in [0.05, 0.1) is 12.7 Å². The van der Waals surface area contributed by atoms with Crippen molar-refractivity contribution in [2.75, 3.05) is 26.2 Å². The van der Waals surface area contributed by atoms with Crippen molar-refractivity contribution in [2.24, 2.45) is 0 Å². The third-order valence-corrected chi connectivity index (χ3v) is 3.56. The molecule has 1 aromatic rings. The average Bonchev–Trinajstić information content (AvgIpc) is 2.94. The highest BCUT2D eigenvalue weighted by Gasteiger charge is 2.33. The molecule has 2 aliphatic rings. The monoisotopic (exact) mass is 291 g/mol. The minimum absolute atomic E-state index is 0.120. The first-order chi connectivity index (χ1) is 10.2. The van der Waals surface area contributed by atoms with E-state index >= 15 is 0 Å². The number of imide groups is 1. The van der Waals surface area contributed by atoms with Crippen molar-refractivity contribution < 1.29 is 14.3 Å². The highest BCUT2D eigenvalue weighted by atomic mass is 16.5. The molecule has 3 rings (SSSR count). The van der Waals surface area contributed by atoms with E-state index in [1.807, 2.05) is 0 Å². The second kappa shape index (κ2) is 5.94. The molecule has 0 aromatic carbocycles. The van der Waals surface area contributed by atoms with E-state index in [2.05, 4.69) is 15.3 Å². The molecule has 0 unspecified atom stereocenters. The molecule has 0 radical (unpaired) electrons. The Hall–Kier alpha value is -2.38. The van der Waals surface area contributed by atoms with Gasteiger partial charge in [0.1, 0.15) is 6.10 Å². The quantitative estimate of drug-likeness (QED) is 0.855. The molecule has 0 saturated carbocycles. The first kappa shape index (κ1) is 13.6. The maximum Gasteiger partial charge on any atom is 0.328 e. The van der Waals surface area contributed by atoms with Gasteiger partial charge >= 0.3 is 12.1 Å². The van der Waals surface area contributed by atoms with Crippen molar-refractivity contribution in [3.8, 4) is 5.88 Å². The van der Waals surface area contributed by atoms with Gasteiger partial charge in [0.2, 0.25) is 5.88 Å². The lowest BCUT2D eigenvalue weighted by atomic mass is 10.1. The largest absolute Gasteiger partial charge is 0.471 e. The number of piperidine rings is 1. The highest BCUT2D eigenvalue weighted by molar-refractivity contribution is 5.95. The molecular weight excluding hydrogens is 274 g/mol. The van der Waals surface area contributed by atoms with Gasteiger partial charge in [-0.15, -0.1) is 0 Å². The molecule has 0 aliphatic carbocycles. The van der Waals surface area contributed by atoms with E-state index in [4.69, 9.17) is 4.74 Å². The molecule has 2 saturated heterocycles. The van der Waals surface area contributed by atoms with Crippen LogP contribution in [0.5, 0.6) is 5.88 Å². The number of hydrogen-bond donors (Lipinski definition) is 1. The van der Waals surface area contributed by atoms with Crippen LogP contribution >= 0.6 is 0 Å². The summed E-state index contributed by atoms with van der Waals surface area (Å²) in [6.45, 7) is 2.03. The van der Waals surface area contributed by atoms with Gasteiger partial charge in [-0.05, 0) is 12.8 Å². The Balaban J connectivity index is 1.60. The van der Waals surface area contributed by atoms with Gasteiger partial charge in [0, 0.05) is 32.0 Å². The molecule has 8 heteroatoms. The van der Waals surface area contributed by atoms with Crippen molar-refractivity contribution in [1.82, 2.24) is 25.1 Å². The van der Waals surface area contributed by atoms with E-state index in [0.29, 0.717) is 32.1 Å². The molecule has 1 N–H and O–H groups in total. The number of ether oxygens (including phenoxy) is 1. The van der Waals surface area contributed by atoms with Crippen molar-refractivity contribution >= 4 is 12.1 Å². The van der Waals surface area contributed by atoms with Crippen LogP contribution in [-0.4, -0.2) is 64.1 Å². The van der Waals surface area contributed by atoms with E-state index in [0.717, 1.165) is 12.8 Å². The molecular formula is C13H17N5O3. The third kappa shape index (κ3) is 3.04. The third-order valence-electron chi connectivity index (χ3n) is 3.56. The number of carbonyl (C=O) groups is 2. The average molecular weight is 291 g/mol. The summed E-state index contributed by atoms with van der Waals surface area (Å²) in [7, 11) is 0. The topological polar surface area (TPSA) is 87.7 Å². The Morgan fingerprint density at radius 1 is 1.38 bits per heavy atom. The minimum Gasteiger partial charge on any atom is -0.471 e. The van der Waals surface area contributed by atoms with Crippen molar-refractivity contribution in [3.05, 3.63) is 18.6 Å². The molecule has 112 valence electrons. The van der Waals surface area contributed by atoms with E-state index in [1.165, 1.54) is 4.90 Å². The number of aromatic nitrogens is 2. The molecule has 3 heterocycles. The van der Waals surface area contributed by atoms with Gasteiger partial charge < -0.3 is 15.0 Å². The zero-order valence-corrected chi connectivity index (χ0v) is 11.6. The Morgan fingerprint density at radius 2 is 2.29 bits per heavy atom. The standard InChI is InChI=1S/C13H17N5O3/c19-12-16-5-7-18(12)13(20)17-6-1-2-10(9-17)21-11-8-14-3-4-15-11/h3-4,8,10H,1-2,5-7,9H2,(H,16,19)/t10-/m0/s1. The Labute approximate surface area is 122 Å². The van der Waals surface area contributed by atoms with E-state index < -0.39 is 0 Å². The lowest BCUT2D eigenvalue weighted by Gasteiger charge is -2.34. The minimum atomic E-state index is -0.322. The summed E-state index contributed by atoms with van der Waals surface area (Å²) < 4.78 is 5.74. The van der Waals surface area contributed by atoms with Gasteiger partial charge in [0.25, 0.3) is 0 Å². The van der Waals surface area contributed by atoms with Crippen molar-refractivity contribution in [3.63, 3.8) is 0 Å². The number of nitrogens with one attached hydrogen (secondary N) is 1. The lowest BCUT2D eigenvalue weighted by Crippen LogP contribution is -2.50. The van der Waals surface area contributed by atoms with Crippen LogP contribution in [0.3, 0.4) is 0 Å². The van der Waals surface area contributed by atoms with Crippen LogP contribution in [0.15, 0.2) is 18.6 Å². The fourth-order valence-electron chi connectivity index (χ4n) is 2.55. The summed E-state index contributed by atoms with van der Waals surface area (Å²) >= 11 is 0. The molecule has 8 nitrogen and oxygen atoms in total. The number of nitrogens with zero attached hydrogens (tertiary/aromatic N) is 4. The van der Waals surface area contributed by atoms with Crippen LogP contribution in [0.25, 0.3) is 0 Å². The fraction of sp³-hybridized carbons (Fsp3) is 0.538. The van der Waals surface area contributed by atoms with Gasteiger partial charge in [-0.2, -0.15) is 0 Å². The normalized spacial score (nSPS) is 22.1. The summed E-state index contributed by atoms with van der Waals surface area (Å²) in [6, 6.07) is -0.575. The van der Waals surface area contributed by atoms with Gasteiger partial charge in [-0.1, -0.05) is 0 Å². The Morgan fingerprint density at radius 3 is 3.00 bits per heavy atom. The number of amides is 4. The lowest BCUT2D eigenvalue weighted by molar-refractivity contribution is 0.0879. The predicted molar refractivity (Wildman–Crippen MR) is 72.8 cm³/mol. The van der Waals surface area contributed by atoms with Crippen LogP contribution in [0.1, 0.15) is 12.8 Å². The summed E-state index contributed by atoms with van der Waals surface area (Å²) in [5, 5.41) is 2.63. The molecule has 0 bridgehead atoms. The number of carbonyl (C=O) groups excluding carboxylic acids is 2. The maximum absolute atomic E-state index is 12.3. The van der Waals surface area contributed by atoms with Gasteiger partial charge in [0.15, 0.2) is 0 Å². The summed E-state index contributed by atoms with van der Waals surface area (Å²) in [5.41, 5.74) is 0. The molecule has 1 atom stereocenters. The van der Waals surface area contributed by atoms with Crippen LogP contribution < -0.4 is 10.1 Å². The van der Waals surface area contributed by atoms with E-state index in [1.54, 1.807) is 23.5 Å². The predicted octanol–water partition coefficient (Wildman–Crippen LogP) is 0.465. The number of likely N-dealkylation sites (tertiary alicyclic amines) is 1. The number of urea groups is 2. The Bertz CT molecular complexity index is 524. The summed E-state index contributed by atoms with van der Waals surface area (Å²) in [4.78, 5) is 34.8. The van der Waals surface area contributed by atoms with Crippen LogP contribution in [0.2, 0.25) is 0 Å². The molecule has 21 heavy (non-hydrogen) atoms. The van der Waals surface area contributed by atoms with Crippen LogP contribution in [-0.2, 0) is 0 Å². The SMILES string of the molecule is O=C1NCCN1C(=O)N1CCC[C@H](Oc2cnccn2)C1. The fourth-order valence-corrected chi connectivity index (χ4v) is 2.55. The smallest absolute Gasteiger partial charge is 0.328 e. The highest BCUT2D eigenvalue weighted by Crippen LogP contribution is 2.17.